The van der Waals surface area contributed by atoms with Gasteiger partial charge in [-0.25, -0.2) is 5.43 Å². The molecule has 3 aromatic carbocycles. The lowest BCUT2D eigenvalue weighted by Crippen LogP contribution is -2.26. The molecule has 11 heteroatoms. The van der Waals surface area contributed by atoms with Gasteiger partial charge in [0, 0.05) is 10.7 Å². The number of carbonyl (C=O) groups is 1. The minimum atomic E-state index is -4.46. The van der Waals surface area contributed by atoms with Crippen LogP contribution in [0.1, 0.15) is 16.7 Å². The van der Waals surface area contributed by atoms with Crippen molar-refractivity contribution in [2.45, 2.75) is 12.8 Å². The number of nitrogens with zero attached hydrogens (tertiary/aromatic N) is 1. The molecule has 3 rings (SSSR count). The average Bonchev–Trinajstić information content (AvgIpc) is 2.82. The number of benzene rings is 3. The number of hydrogen-bond donors (Lipinski definition) is 2. The fraction of sp³-hybridized carbons (Fsp3) is 0.167. The molecule has 0 heterocycles. The minimum Gasteiger partial charge on any atom is -0.493 e. The summed E-state index contributed by atoms with van der Waals surface area (Å²) in [6.07, 6.45) is -3.06. The van der Waals surface area contributed by atoms with E-state index in [1.54, 1.807) is 24.3 Å². The molecule has 6 nitrogen and oxygen atoms in total. The number of anilines is 1. The lowest BCUT2D eigenvalue weighted by atomic mass is 10.2. The zero-order valence-electron chi connectivity index (χ0n) is 18.3. The van der Waals surface area contributed by atoms with Crippen LogP contribution >= 0.6 is 27.5 Å². The SMILES string of the molecule is COc1cc(/C=N\NC(=O)CNc2cccc(C(F)(F)F)c2)cc(Br)c1OCc1ccc(Cl)cc1. The lowest BCUT2D eigenvalue weighted by molar-refractivity contribution is -0.137. The fourth-order valence-corrected chi connectivity index (χ4v) is 3.60. The Balaban J connectivity index is 1.57. The summed E-state index contributed by atoms with van der Waals surface area (Å²) in [6, 6.07) is 15.2. The van der Waals surface area contributed by atoms with Crippen LogP contribution < -0.4 is 20.2 Å². The molecule has 0 aliphatic heterocycles. The van der Waals surface area contributed by atoms with Crippen molar-refractivity contribution in [3.05, 3.63) is 86.8 Å². The van der Waals surface area contributed by atoms with Crippen LogP contribution in [-0.2, 0) is 17.6 Å². The van der Waals surface area contributed by atoms with Gasteiger partial charge in [-0.3, -0.25) is 4.79 Å². The fourth-order valence-electron chi connectivity index (χ4n) is 2.90. The Morgan fingerprint density at radius 2 is 1.89 bits per heavy atom. The number of methoxy groups -OCH3 is 1. The first kappa shape index (κ1) is 26.4. The number of alkyl halides is 3. The summed E-state index contributed by atoms with van der Waals surface area (Å²) in [5.41, 5.74) is 3.22. The van der Waals surface area contributed by atoms with Crippen molar-refractivity contribution in [3.63, 3.8) is 0 Å². The molecule has 0 aromatic heterocycles. The zero-order chi connectivity index (χ0) is 25.4. The van der Waals surface area contributed by atoms with E-state index >= 15 is 0 Å². The van der Waals surface area contributed by atoms with Gasteiger partial charge in [0.2, 0.25) is 0 Å². The van der Waals surface area contributed by atoms with E-state index in [-0.39, 0.29) is 12.2 Å². The maximum Gasteiger partial charge on any atom is 0.416 e. The Bertz CT molecular complexity index is 1200. The molecule has 184 valence electrons. The van der Waals surface area contributed by atoms with E-state index in [0.717, 1.165) is 17.7 Å². The Morgan fingerprint density at radius 1 is 1.14 bits per heavy atom. The molecular formula is C24H20BrClF3N3O3. The smallest absolute Gasteiger partial charge is 0.416 e. The molecule has 0 radical (unpaired) electrons. The van der Waals surface area contributed by atoms with Crippen molar-refractivity contribution in [3.8, 4) is 11.5 Å². The number of carbonyl (C=O) groups excluding carboxylic acids is 1. The number of halogens is 5. The number of hydrazone groups is 1. The quantitative estimate of drug-likeness (QED) is 0.235. The van der Waals surface area contributed by atoms with E-state index in [4.69, 9.17) is 21.1 Å². The molecule has 2 N–H and O–H groups in total. The summed E-state index contributed by atoms with van der Waals surface area (Å²) < 4.78 is 50.3. The maximum atomic E-state index is 12.8. The van der Waals surface area contributed by atoms with E-state index in [1.807, 2.05) is 12.1 Å². The summed E-state index contributed by atoms with van der Waals surface area (Å²) in [6.45, 7) is 0.0393. The van der Waals surface area contributed by atoms with Gasteiger partial charge in [-0.1, -0.05) is 29.8 Å². The van der Waals surface area contributed by atoms with Crippen LogP contribution in [0.3, 0.4) is 0 Å². The summed E-state index contributed by atoms with van der Waals surface area (Å²) >= 11 is 9.35. The van der Waals surface area contributed by atoms with Gasteiger partial charge < -0.3 is 14.8 Å². The maximum absolute atomic E-state index is 12.8. The first-order valence-corrected chi connectivity index (χ1v) is 11.3. The predicted octanol–water partition coefficient (Wildman–Crippen LogP) is 6.27. The van der Waals surface area contributed by atoms with Crippen LogP contribution in [0, 0.1) is 0 Å². The topological polar surface area (TPSA) is 72.0 Å². The third kappa shape index (κ3) is 7.90. The molecule has 0 aliphatic rings. The van der Waals surface area contributed by atoms with E-state index in [2.05, 4.69) is 31.8 Å². The molecule has 35 heavy (non-hydrogen) atoms. The van der Waals surface area contributed by atoms with Gasteiger partial charge in [-0.15, -0.1) is 0 Å². The highest BCUT2D eigenvalue weighted by Crippen LogP contribution is 2.37. The van der Waals surface area contributed by atoms with Gasteiger partial charge in [-0.05, 0) is 69.5 Å². The zero-order valence-corrected chi connectivity index (χ0v) is 20.7. The van der Waals surface area contributed by atoms with Gasteiger partial charge in [0.05, 0.1) is 29.9 Å². The summed E-state index contributed by atoms with van der Waals surface area (Å²) in [7, 11) is 1.50. The number of amides is 1. The molecule has 0 aliphatic carbocycles. The van der Waals surface area contributed by atoms with Crippen molar-refractivity contribution < 1.29 is 27.4 Å². The van der Waals surface area contributed by atoms with E-state index < -0.39 is 17.6 Å². The van der Waals surface area contributed by atoms with Crippen LogP contribution in [0.15, 0.2) is 70.2 Å². The van der Waals surface area contributed by atoms with Gasteiger partial charge >= 0.3 is 6.18 Å². The summed E-state index contributed by atoms with van der Waals surface area (Å²) in [4.78, 5) is 12.0. The molecule has 3 aromatic rings. The molecule has 0 unspecified atom stereocenters. The monoisotopic (exact) mass is 569 g/mol. The third-order valence-corrected chi connectivity index (χ3v) is 5.44. The second-order valence-corrected chi connectivity index (χ2v) is 8.47. The Labute approximate surface area is 213 Å². The second kappa shape index (κ2) is 11.9. The number of hydrogen-bond acceptors (Lipinski definition) is 5. The third-order valence-electron chi connectivity index (χ3n) is 4.59. The number of nitrogens with one attached hydrogen (secondary N) is 2. The van der Waals surface area contributed by atoms with Gasteiger partial charge in [0.15, 0.2) is 11.5 Å². The average molecular weight is 571 g/mol. The van der Waals surface area contributed by atoms with Crippen LogP contribution in [0.4, 0.5) is 18.9 Å². The van der Waals surface area contributed by atoms with Crippen molar-refractivity contribution >= 4 is 45.3 Å². The van der Waals surface area contributed by atoms with Crippen molar-refractivity contribution in [1.82, 2.24) is 5.43 Å². The highest BCUT2D eigenvalue weighted by Gasteiger charge is 2.30. The second-order valence-electron chi connectivity index (χ2n) is 7.17. The standard InChI is InChI=1S/C24H20BrClF3N3O3/c1-34-21-10-16(9-20(25)23(21)35-14-15-5-7-18(26)8-6-15)12-31-32-22(33)13-30-19-4-2-3-17(11-19)24(27,28)29/h2-12,30H,13-14H2,1H3,(H,32,33)/b31-12-. The van der Waals surface area contributed by atoms with Crippen molar-refractivity contribution in [1.29, 1.82) is 0 Å². The normalized spacial score (nSPS) is 11.4. The predicted molar refractivity (Wildman–Crippen MR) is 132 cm³/mol. The molecule has 0 atom stereocenters. The molecule has 0 saturated heterocycles. The summed E-state index contributed by atoms with van der Waals surface area (Å²) in [5.74, 6) is 0.411. The first-order valence-electron chi connectivity index (χ1n) is 10.1. The Hall–Kier alpha value is -3.24. The van der Waals surface area contributed by atoms with Crippen LogP contribution in [0.2, 0.25) is 5.02 Å². The molecule has 0 bridgehead atoms. The minimum absolute atomic E-state index is 0.168. The van der Waals surface area contributed by atoms with Crippen molar-refractivity contribution in [2.24, 2.45) is 5.10 Å². The van der Waals surface area contributed by atoms with Crippen LogP contribution in [0.25, 0.3) is 0 Å². The van der Waals surface area contributed by atoms with Crippen LogP contribution in [0.5, 0.6) is 11.5 Å². The number of ether oxygens (including phenoxy) is 2. The molecule has 0 spiro atoms. The molecule has 1 amide bonds. The van der Waals surface area contributed by atoms with Gasteiger partial charge in [0.25, 0.3) is 5.91 Å². The largest absolute Gasteiger partial charge is 0.493 e. The Kier molecular flexibility index (Phi) is 9.00. The van der Waals surface area contributed by atoms with Gasteiger partial charge in [-0.2, -0.15) is 18.3 Å². The summed E-state index contributed by atoms with van der Waals surface area (Å²) in [5, 5.41) is 7.15. The highest BCUT2D eigenvalue weighted by atomic mass is 79.9. The van der Waals surface area contributed by atoms with E-state index in [0.29, 0.717) is 33.2 Å². The molecular weight excluding hydrogens is 551 g/mol. The first-order chi connectivity index (χ1) is 16.7. The van der Waals surface area contributed by atoms with Crippen molar-refractivity contribution in [2.75, 3.05) is 19.0 Å². The highest BCUT2D eigenvalue weighted by molar-refractivity contribution is 9.10. The van der Waals surface area contributed by atoms with E-state index in [1.165, 1.54) is 25.5 Å². The lowest BCUT2D eigenvalue weighted by Gasteiger charge is -2.13. The van der Waals surface area contributed by atoms with Crippen LogP contribution in [-0.4, -0.2) is 25.8 Å². The number of rotatable bonds is 9. The molecule has 0 saturated carbocycles. The Morgan fingerprint density at radius 3 is 2.57 bits per heavy atom. The molecule has 0 fully saturated rings. The van der Waals surface area contributed by atoms with Gasteiger partial charge in [0.1, 0.15) is 6.61 Å². The van der Waals surface area contributed by atoms with E-state index in [9.17, 15) is 18.0 Å².